The first-order chi connectivity index (χ1) is 6.59. The molecular formula is C12H21NO. The minimum Gasteiger partial charge on any atom is -0.493 e. The van der Waals surface area contributed by atoms with Crippen LogP contribution in [0.2, 0.25) is 0 Å². The number of hydrogen-bond donors (Lipinski definition) is 0. The molecule has 2 atom stereocenters. The van der Waals surface area contributed by atoms with E-state index in [0.717, 1.165) is 18.9 Å². The predicted octanol–water partition coefficient (Wildman–Crippen LogP) is 2.29. The summed E-state index contributed by atoms with van der Waals surface area (Å²) in [5.74, 6) is 2.25. The highest BCUT2D eigenvalue weighted by Crippen LogP contribution is 2.22. The van der Waals surface area contributed by atoms with E-state index in [4.69, 9.17) is 4.74 Å². The fourth-order valence-corrected chi connectivity index (χ4v) is 1.33. The molecule has 0 aromatic heterocycles. The molecule has 0 saturated carbocycles. The summed E-state index contributed by atoms with van der Waals surface area (Å²) in [6, 6.07) is 0. The van der Waals surface area contributed by atoms with Gasteiger partial charge < -0.3 is 9.64 Å². The third-order valence-electron chi connectivity index (χ3n) is 2.63. The maximum absolute atomic E-state index is 5.65. The van der Waals surface area contributed by atoms with Crippen LogP contribution in [0.4, 0.5) is 0 Å². The number of hydrogen-bond acceptors (Lipinski definition) is 2. The Morgan fingerprint density at radius 3 is 2.57 bits per heavy atom. The Kier molecular flexibility index (Phi) is 4.21. The number of allylic oxidation sites excluding steroid dienone is 3. The van der Waals surface area contributed by atoms with Gasteiger partial charge in [-0.15, -0.1) is 0 Å². The molecule has 2 unspecified atom stereocenters. The lowest BCUT2D eigenvalue weighted by Gasteiger charge is -2.20. The van der Waals surface area contributed by atoms with Crippen molar-refractivity contribution in [3.8, 4) is 0 Å². The Bertz CT molecular complexity index is 230. The fraction of sp³-hybridized carbons (Fsp3) is 0.667. The zero-order valence-electron chi connectivity index (χ0n) is 9.66. The smallest absolute Gasteiger partial charge is 0.115 e. The normalized spacial score (nSPS) is 26.5. The van der Waals surface area contributed by atoms with Gasteiger partial charge in [0.05, 0.1) is 0 Å². The monoisotopic (exact) mass is 195 g/mol. The summed E-state index contributed by atoms with van der Waals surface area (Å²) in [4.78, 5) is 2.12. The van der Waals surface area contributed by atoms with E-state index in [1.165, 1.54) is 0 Å². The molecule has 1 aliphatic carbocycles. The van der Waals surface area contributed by atoms with Gasteiger partial charge in [-0.25, -0.2) is 0 Å². The van der Waals surface area contributed by atoms with Crippen LogP contribution in [-0.2, 0) is 4.74 Å². The van der Waals surface area contributed by atoms with Crippen LogP contribution in [0.1, 0.15) is 13.8 Å². The standard InChI is InChI=1S/C12H21NO/c1-10-5-6-12(9-11(10)2)14-8-7-13(3)4/h5-6,9-11H,7-8H2,1-4H3. The van der Waals surface area contributed by atoms with Gasteiger partial charge in [-0.2, -0.15) is 0 Å². The molecule has 0 fully saturated rings. The van der Waals surface area contributed by atoms with Crippen molar-refractivity contribution < 1.29 is 4.74 Å². The molecule has 0 saturated heterocycles. The Morgan fingerprint density at radius 1 is 1.29 bits per heavy atom. The molecular weight excluding hydrogens is 174 g/mol. The van der Waals surface area contributed by atoms with Crippen molar-refractivity contribution in [2.75, 3.05) is 27.2 Å². The maximum Gasteiger partial charge on any atom is 0.115 e. The van der Waals surface area contributed by atoms with Crippen molar-refractivity contribution in [2.24, 2.45) is 11.8 Å². The van der Waals surface area contributed by atoms with Gasteiger partial charge >= 0.3 is 0 Å². The molecule has 2 nitrogen and oxygen atoms in total. The summed E-state index contributed by atoms with van der Waals surface area (Å²) in [5.41, 5.74) is 0. The molecule has 0 bridgehead atoms. The number of nitrogens with zero attached hydrogens (tertiary/aromatic N) is 1. The van der Waals surface area contributed by atoms with Crippen LogP contribution >= 0.6 is 0 Å². The van der Waals surface area contributed by atoms with Gasteiger partial charge in [-0.3, -0.25) is 0 Å². The summed E-state index contributed by atoms with van der Waals surface area (Å²) >= 11 is 0. The lowest BCUT2D eigenvalue weighted by molar-refractivity contribution is 0.188. The lowest BCUT2D eigenvalue weighted by atomic mass is 9.91. The second kappa shape index (κ2) is 5.20. The first-order valence-electron chi connectivity index (χ1n) is 5.27. The van der Waals surface area contributed by atoms with Gasteiger partial charge in [0.1, 0.15) is 12.4 Å². The van der Waals surface area contributed by atoms with Crippen LogP contribution in [0.5, 0.6) is 0 Å². The topological polar surface area (TPSA) is 12.5 Å². The molecule has 0 aromatic carbocycles. The molecule has 1 aliphatic rings. The van der Waals surface area contributed by atoms with Gasteiger partial charge in [0, 0.05) is 6.54 Å². The van der Waals surface area contributed by atoms with Gasteiger partial charge in [0.2, 0.25) is 0 Å². The largest absolute Gasteiger partial charge is 0.493 e. The average Bonchev–Trinajstić information content (AvgIpc) is 2.10. The molecule has 0 aromatic rings. The van der Waals surface area contributed by atoms with E-state index in [9.17, 15) is 0 Å². The minimum absolute atomic E-state index is 0.592. The van der Waals surface area contributed by atoms with Crippen LogP contribution in [-0.4, -0.2) is 32.1 Å². The van der Waals surface area contributed by atoms with E-state index in [2.05, 4.69) is 51.1 Å². The fourth-order valence-electron chi connectivity index (χ4n) is 1.33. The molecule has 0 spiro atoms. The molecule has 1 rings (SSSR count). The van der Waals surface area contributed by atoms with Crippen LogP contribution < -0.4 is 0 Å². The van der Waals surface area contributed by atoms with Crippen molar-refractivity contribution in [1.29, 1.82) is 0 Å². The second-order valence-corrected chi connectivity index (χ2v) is 4.30. The molecule has 14 heavy (non-hydrogen) atoms. The lowest BCUT2D eigenvalue weighted by Crippen LogP contribution is -2.18. The first-order valence-corrected chi connectivity index (χ1v) is 5.27. The Labute approximate surface area is 87.2 Å². The molecule has 0 N–H and O–H groups in total. The van der Waals surface area contributed by atoms with Crippen LogP contribution in [0.15, 0.2) is 24.0 Å². The van der Waals surface area contributed by atoms with E-state index in [1.807, 2.05) is 0 Å². The number of ether oxygens (including phenoxy) is 1. The molecule has 80 valence electrons. The third-order valence-corrected chi connectivity index (χ3v) is 2.63. The Morgan fingerprint density at radius 2 is 2.00 bits per heavy atom. The zero-order valence-corrected chi connectivity index (χ0v) is 9.66. The molecule has 2 heteroatoms. The summed E-state index contributed by atoms with van der Waals surface area (Å²) in [6.45, 7) is 6.19. The number of rotatable bonds is 4. The third kappa shape index (κ3) is 3.54. The van der Waals surface area contributed by atoms with Gasteiger partial charge in [-0.05, 0) is 38.1 Å². The van der Waals surface area contributed by atoms with Crippen molar-refractivity contribution in [3.63, 3.8) is 0 Å². The van der Waals surface area contributed by atoms with Crippen molar-refractivity contribution in [2.45, 2.75) is 13.8 Å². The molecule has 0 radical (unpaired) electrons. The van der Waals surface area contributed by atoms with Crippen LogP contribution in [0, 0.1) is 11.8 Å². The van der Waals surface area contributed by atoms with E-state index >= 15 is 0 Å². The predicted molar refractivity (Wildman–Crippen MR) is 60.1 cm³/mol. The Balaban J connectivity index is 2.32. The summed E-state index contributed by atoms with van der Waals surface area (Å²) in [5, 5.41) is 0. The van der Waals surface area contributed by atoms with Crippen molar-refractivity contribution >= 4 is 0 Å². The van der Waals surface area contributed by atoms with Crippen LogP contribution in [0.3, 0.4) is 0 Å². The van der Waals surface area contributed by atoms with Gasteiger partial charge in [0.15, 0.2) is 0 Å². The van der Waals surface area contributed by atoms with E-state index in [-0.39, 0.29) is 0 Å². The van der Waals surface area contributed by atoms with E-state index < -0.39 is 0 Å². The van der Waals surface area contributed by atoms with E-state index in [0.29, 0.717) is 11.8 Å². The maximum atomic E-state index is 5.65. The highest BCUT2D eigenvalue weighted by atomic mass is 16.5. The Hall–Kier alpha value is -0.760. The number of likely N-dealkylation sites (N-methyl/N-ethyl adjacent to an activating group) is 1. The first kappa shape index (κ1) is 11.3. The molecule has 0 aliphatic heterocycles. The van der Waals surface area contributed by atoms with Gasteiger partial charge in [0.25, 0.3) is 0 Å². The highest BCUT2D eigenvalue weighted by molar-refractivity contribution is 5.19. The van der Waals surface area contributed by atoms with Gasteiger partial charge in [-0.1, -0.05) is 19.9 Å². The molecule has 0 heterocycles. The summed E-state index contributed by atoms with van der Waals surface area (Å²) < 4.78 is 5.65. The highest BCUT2D eigenvalue weighted by Gasteiger charge is 2.12. The second-order valence-electron chi connectivity index (χ2n) is 4.30. The van der Waals surface area contributed by atoms with Crippen molar-refractivity contribution in [3.05, 3.63) is 24.0 Å². The minimum atomic E-state index is 0.592. The summed E-state index contributed by atoms with van der Waals surface area (Å²) in [6.07, 6.45) is 6.51. The van der Waals surface area contributed by atoms with E-state index in [1.54, 1.807) is 0 Å². The van der Waals surface area contributed by atoms with Crippen LogP contribution in [0.25, 0.3) is 0 Å². The summed E-state index contributed by atoms with van der Waals surface area (Å²) in [7, 11) is 4.11. The molecule has 0 amide bonds. The van der Waals surface area contributed by atoms with Crippen molar-refractivity contribution in [1.82, 2.24) is 4.90 Å². The zero-order chi connectivity index (χ0) is 10.6. The average molecular weight is 195 g/mol. The SMILES string of the molecule is CC1C=CC(OCCN(C)C)=CC1C. The quantitative estimate of drug-likeness (QED) is 0.682.